The Hall–Kier alpha value is -4.37. The number of rotatable bonds is 8. The van der Waals surface area contributed by atoms with Crippen LogP contribution >= 0.6 is 23.4 Å². The highest BCUT2D eigenvalue weighted by atomic mass is 35.5. The molecule has 0 saturated heterocycles. The molecule has 0 bridgehead atoms. The van der Waals surface area contributed by atoms with Crippen LogP contribution in [0.15, 0.2) is 64.4 Å². The van der Waals surface area contributed by atoms with Crippen molar-refractivity contribution in [3.05, 3.63) is 92.4 Å². The molecule has 0 N–H and O–H groups in total. The normalized spacial score (nSPS) is 16.5. The molecule has 49 heavy (non-hydrogen) atoms. The van der Waals surface area contributed by atoms with Crippen molar-refractivity contribution in [1.29, 1.82) is 0 Å². The molecule has 0 fully saturated rings. The Morgan fingerprint density at radius 3 is 2.45 bits per heavy atom. The number of carbonyl (C=O) groups excluding carboxylic acids is 3. The van der Waals surface area contributed by atoms with Crippen molar-refractivity contribution in [2.45, 2.75) is 68.6 Å². The van der Waals surface area contributed by atoms with Gasteiger partial charge in [0.25, 0.3) is 5.91 Å². The third-order valence-corrected chi connectivity index (χ3v) is 9.14. The SMILES string of the molecule is C[C@@H](N1CN([C@@H]2c3ccccc3SCc3c(Cl)cccc32)n2ccc(=O)c(OCOC(=O)OCCC(=O)OC(C)(C)C)c2C1=O)C(F)(F)F. The van der Waals surface area contributed by atoms with E-state index in [1.54, 1.807) is 39.0 Å². The van der Waals surface area contributed by atoms with Crippen molar-refractivity contribution >= 4 is 41.4 Å². The number of ether oxygens (including phenoxy) is 4. The second kappa shape index (κ2) is 14.2. The monoisotopic (exact) mass is 723 g/mol. The number of esters is 1. The molecule has 2 aliphatic rings. The molecule has 3 heterocycles. The van der Waals surface area contributed by atoms with Crippen LogP contribution in [-0.2, 0) is 24.8 Å². The highest BCUT2D eigenvalue weighted by molar-refractivity contribution is 7.98. The number of alkyl halides is 3. The number of pyridine rings is 1. The molecule has 2 aliphatic heterocycles. The maximum Gasteiger partial charge on any atom is 0.511 e. The van der Waals surface area contributed by atoms with Gasteiger partial charge in [-0.25, -0.2) is 4.79 Å². The smallest absolute Gasteiger partial charge is 0.460 e. The minimum absolute atomic E-state index is 0.254. The summed E-state index contributed by atoms with van der Waals surface area (Å²) in [5.41, 5.74) is 0.123. The summed E-state index contributed by atoms with van der Waals surface area (Å²) in [6.45, 7) is 4.06. The lowest BCUT2D eigenvalue weighted by Crippen LogP contribution is -2.60. The van der Waals surface area contributed by atoms with E-state index in [2.05, 4.69) is 0 Å². The first-order valence-corrected chi connectivity index (χ1v) is 16.5. The Bertz CT molecular complexity index is 1810. The van der Waals surface area contributed by atoms with Gasteiger partial charge in [-0.3, -0.25) is 24.1 Å². The topological polar surface area (TPSA) is 117 Å². The number of benzene rings is 2. The fourth-order valence-electron chi connectivity index (χ4n) is 5.41. The minimum atomic E-state index is -4.82. The van der Waals surface area contributed by atoms with Crippen LogP contribution in [0, 0.1) is 0 Å². The van der Waals surface area contributed by atoms with Gasteiger partial charge in [0.2, 0.25) is 18.0 Å². The van der Waals surface area contributed by atoms with Gasteiger partial charge >= 0.3 is 18.3 Å². The zero-order chi connectivity index (χ0) is 35.7. The lowest BCUT2D eigenvalue weighted by Gasteiger charge is -2.46. The number of carbonyl (C=O) groups is 3. The number of hydrogen-bond donors (Lipinski definition) is 0. The average Bonchev–Trinajstić information content (AvgIpc) is 3.18. The summed E-state index contributed by atoms with van der Waals surface area (Å²) < 4.78 is 64.3. The molecular formula is C33H33ClF3N3O8S. The van der Waals surface area contributed by atoms with Gasteiger partial charge in [0.15, 0.2) is 5.69 Å². The van der Waals surface area contributed by atoms with Crippen LogP contribution < -0.4 is 15.2 Å². The number of hydrogen-bond acceptors (Lipinski definition) is 10. The van der Waals surface area contributed by atoms with E-state index in [0.717, 1.165) is 29.0 Å². The third-order valence-electron chi connectivity index (χ3n) is 7.67. The summed E-state index contributed by atoms with van der Waals surface area (Å²) >= 11 is 8.15. The van der Waals surface area contributed by atoms with Crippen LogP contribution in [-0.4, -0.2) is 65.5 Å². The van der Waals surface area contributed by atoms with Crippen LogP contribution in [0.2, 0.25) is 5.02 Å². The molecule has 0 aliphatic carbocycles. The summed E-state index contributed by atoms with van der Waals surface area (Å²) in [6.07, 6.45) is -5.04. The zero-order valence-electron chi connectivity index (χ0n) is 26.9. The fraction of sp³-hybridized carbons (Fsp3) is 0.394. The van der Waals surface area contributed by atoms with Gasteiger partial charge in [-0.1, -0.05) is 41.9 Å². The van der Waals surface area contributed by atoms with Crippen molar-refractivity contribution in [3.63, 3.8) is 0 Å². The first kappa shape index (κ1) is 35.9. The van der Waals surface area contributed by atoms with Crippen LogP contribution in [0.3, 0.4) is 0 Å². The summed E-state index contributed by atoms with van der Waals surface area (Å²) in [4.78, 5) is 52.5. The van der Waals surface area contributed by atoms with Crippen molar-refractivity contribution in [1.82, 2.24) is 9.58 Å². The van der Waals surface area contributed by atoms with E-state index in [0.29, 0.717) is 21.2 Å². The van der Waals surface area contributed by atoms with E-state index < -0.39 is 72.2 Å². The van der Waals surface area contributed by atoms with E-state index in [-0.39, 0.29) is 13.0 Å². The van der Waals surface area contributed by atoms with Crippen LogP contribution in [0.4, 0.5) is 18.0 Å². The van der Waals surface area contributed by atoms with Gasteiger partial charge in [0, 0.05) is 27.9 Å². The van der Waals surface area contributed by atoms with Crippen molar-refractivity contribution in [2.75, 3.05) is 25.1 Å². The van der Waals surface area contributed by atoms with Crippen LogP contribution in [0.1, 0.15) is 67.3 Å². The summed E-state index contributed by atoms with van der Waals surface area (Å²) in [7, 11) is 0. The second-order valence-electron chi connectivity index (χ2n) is 12.2. The first-order valence-electron chi connectivity index (χ1n) is 15.1. The van der Waals surface area contributed by atoms with Crippen molar-refractivity contribution in [3.8, 4) is 5.75 Å². The molecule has 1 amide bonds. The van der Waals surface area contributed by atoms with Gasteiger partial charge in [0.1, 0.15) is 24.9 Å². The van der Waals surface area contributed by atoms with Gasteiger partial charge in [-0.2, -0.15) is 13.2 Å². The Morgan fingerprint density at radius 1 is 1.02 bits per heavy atom. The molecule has 0 spiro atoms. The molecule has 5 rings (SSSR count). The average molecular weight is 724 g/mol. The van der Waals surface area contributed by atoms with Crippen molar-refractivity contribution in [2.24, 2.45) is 0 Å². The predicted octanol–water partition coefficient (Wildman–Crippen LogP) is 6.42. The first-order chi connectivity index (χ1) is 23.1. The minimum Gasteiger partial charge on any atom is -0.460 e. The fourth-order valence-corrected chi connectivity index (χ4v) is 6.88. The quantitative estimate of drug-likeness (QED) is 0.190. The molecule has 262 valence electrons. The van der Waals surface area contributed by atoms with Crippen LogP contribution in [0.25, 0.3) is 0 Å². The standard InChI is InChI=1S/C33H33ClF3N3O8S/c1-19(33(35,36)37)38-17-40(27-20-9-7-10-23(34)22(20)16-49-25-11-6-5-8-21(25)27)39-14-12-24(41)29(28(39)30(38)43)46-18-47-31(44)45-15-13-26(42)48-32(2,3)4/h5-12,14,19,27H,13,15-18H2,1-4H3/t19-,27+/m1/s1. The van der Waals surface area contributed by atoms with E-state index >= 15 is 0 Å². The molecule has 0 unspecified atom stereocenters. The number of aromatic nitrogens is 1. The number of fused-ring (bicyclic) bond motifs is 3. The highest BCUT2D eigenvalue weighted by Crippen LogP contribution is 2.45. The van der Waals surface area contributed by atoms with E-state index in [1.807, 2.05) is 24.3 Å². The molecule has 1 aromatic heterocycles. The molecule has 0 saturated carbocycles. The Morgan fingerprint density at radius 2 is 1.73 bits per heavy atom. The van der Waals surface area contributed by atoms with Gasteiger partial charge in [0.05, 0.1) is 12.5 Å². The van der Waals surface area contributed by atoms with Crippen LogP contribution in [0.5, 0.6) is 5.75 Å². The van der Waals surface area contributed by atoms with Gasteiger partial charge in [-0.05, 0) is 56.5 Å². The Kier molecular flexibility index (Phi) is 10.4. The summed E-state index contributed by atoms with van der Waals surface area (Å²) in [5.74, 6) is -1.90. The number of nitrogens with zero attached hydrogens (tertiary/aromatic N) is 3. The molecule has 2 atom stereocenters. The molecule has 11 nitrogen and oxygen atoms in total. The highest BCUT2D eigenvalue weighted by Gasteiger charge is 2.48. The molecular weight excluding hydrogens is 691 g/mol. The molecule has 0 radical (unpaired) electrons. The Balaban J connectivity index is 1.50. The number of halogens is 4. The van der Waals surface area contributed by atoms with E-state index in [9.17, 15) is 32.3 Å². The van der Waals surface area contributed by atoms with E-state index in [1.165, 1.54) is 27.6 Å². The number of amides is 1. The van der Waals surface area contributed by atoms with Gasteiger partial charge in [-0.15, -0.1) is 11.8 Å². The zero-order valence-corrected chi connectivity index (χ0v) is 28.5. The maximum atomic E-state index is 14.2. The lowest BCUT2D eigenvalue weighted by atomic mass is 9.94. The Labute approximate surface area is 288 Å². The third kappa shape index (κ3) is 7.93. The lowest BCUT2D eigenvalue weighted by molar-refractivity contribution is -0.173. The van der Waals surface area contributed by atoms with E-state index in [4.69, 9.17) is 30.5 Å². The maximum absolute atomic E-state index is 14.2. The second-order valence-corrected chi connectivity index (χ2v) is 13.6. The molecule has 2 aromatic carbocycles. The largest absolute Gasteiger partial charge is 0.511 e. The predicted molar refractivity (Wildman–Crippen MR) is 173 cm³/mol. The number of thioether (sulfide) groups is 1. The summed E-state index contributed by atoms with van der Waals surface area (Å²) in [5, 5.41) is 2.01. The summed E-state index contributed by atoms with van der Waals surface area (Å²) in [6, 6.07) is 10.7. The van der Waals surface area contributed by atoms with Gasteiger partial charge < -0.3 is 23.8 Å². The molecule has 3 aromatic rings. The van der Waals surface area contributed by atoms with Crippen molar-refractivity contribution < 1.29 is 46.5 Å². The molecule has 16 heteroatoms.